The van der Waals surface area contributed by atoms with E-state index in [0.29, 0.717) is 19.8 Å². The summed E-state index contributed by atoms with van der Waals surface area (Å²) in [7, 11) is 3.40. The van der Waals surface area contributed by atoms with E-state index in [1.807, 2.05) is 0 Å². The van der Waals surface area contributed by atoms with Crippen molar-refractivity contribution in [1.82, 2.24) is 0 Å². The lowest BCUT2D eigenvalue weighted by atomic mass is 9.84. The first kappa shape index (κ1) is 16.3. The molecule has 2 rings (SSSR count). The van der Waals surface area contributed by atoms with Crippen molar-refractivity contribution >= 4 is 0 Å². The summed E-state index contributed by atoms with van der Waals surface area (Å²) in [5, 5.41) is 0. The molecule has 1 aromatic carbocycles. The molecule has 21 heavy (non-hydrogen) atoms. The molecule has 1 heterocycles. The van der Waals surface area contributed by atoms with E-state index in [0.717, 1.165) is 23.5 Å². The molecule has 1 aliphatic rings. The second-order valence-electron chi connectivity index (χ2n) is 6.51. The highest BCUT2D eigenvalue weighted by molar-refractivity contribution is 5.46. The number of methoxy groups -OCH3 is 2. The predicted molar refractivity (Wildman–Crippen MR) is 81.8 cm³/mol. The first-order chi connectivity index (χ1) is 9.95. The zero-order valence-electron chi connectivity index (χ0n) is 13.7. The monoisotopic (exact) mass is 294 g/mol. The fourth-order valence-electron chi connectivity index (χ4n) is 2.24. The van der Waals surface area contributed by atoms with Crippen LogP contribution in [0, 0.1) is 0 Å². The molecule has 1 unspecified atom stereocenters. The van der Waals surface area contributed by atoms with Crippen molar-refractivity contribution in [2.45, 2.75) is 45.5 Å². The topological polar surface area (TPSA) is 40.2 Å². The van der Waals surface area contributed by atoms with Crippen LogP contribution in [0.15, 0.2) is 12.1 Å². The molecule has 0 spiro atoms. The maximum absolute atomic E-state index is 5.98. The van der Waals surface area contributed by atoms with E-state index in [9.17, 15) is 0 Å². The second-order valence-corrected chi connectivity index (χ2v) is 6.51. The predicted octanol–water partition coefficient (Wildman–Crippen LogP) is 3.05. The minimum Gasteiger partial charge on any atom is -0.490 e. The Morgan fingerprint density at radius 1 is 1.10 bits per heavy atom. The molecule has 1 saturated heterocycles. The van der Waals surface area contributed by atoms with Crippen LogP contribution in [-0.4, -0.2) is 33.5 Å². The summed E-state index contributed by atoms with van der Waals surface area (Å²) >= 11 is 0. The van der Waals surface area contributed by atoms with Gasteiger partial charge in [0, 0.05) is 25.3 Å². The van der Waals surface area contributed by atoms with E-state index < -0.39 is 0 Å². The van der Waals surface area contributed by atoms with Crippen LogP contribution in [0.3, 0.4) is 0 Å². The van der Waals surface area contributed by atoms with E-state index in [1.54, 1.807) is 14.2 Å². The van der Waals surface area contributed by atoms with Crippen LogP contribution in [0.2, 0.25) is 0 Å². The van der Waals surface area contributed by atoms with Crippen LogP contribution in [-0.2, 0) is 32.8 Å². The molecule has 0 N–H and O–H groups in total. The zero-order chi connectivity index (χ0) is 15.5. The minimum absolute atomic E-state index is 0.0725. The highest BCUT2D eigenvalue weighted by Gasteiger charge is 2.25. The summed E-state index contributed by atoms with van der Waals surface area (Å²) < 4.78 is 21.9. The molecule has 1 fully saturated rings. The molecule has 0 saturated carbocycles. The van der Waals surface area contributed by atoms with Crippen LogP contribution in [0.5, 0.6) is 5.75 Å². The van der Waals surface area contributed by atoms with Crippen LogP contribution >= 0.6 is 0 Å². The van der Waals surface area contributed by atoms with Gasteiger partial charge in [-0.25, -0.2) is 0 Å². The molecule has 0 amide bonds. The maximum atomic E-state index is 5.98. The van der Waals surface area contributed by atoms with Gasteiger partial charge in [-0.1, -0.05) is 20.8 Å². The number of rotatable bonds is 7. The van der Waals surface area contributed by atoms with Gasteiger partial charge >= 0.3 is 0 Å². The highest BCUT2D eigenvalue weighted by atomic mass is 16.6. The van der Waals surface area contributed by atoms with Gasteiger partial charge in [-0.05, 0) is 23.1 Å². The molecule has 0 bridgehead atoms. The van der Waals surface area contributed by atoms with Gasteiger partial charge in [0.2, 0.25) is 0 Å². The normalized spacial score (nSPS) is 17.9. The van der Waals surface area contributed by atoms with Gasteiger partial charge in [0.25, 0.3) is 0 Å². The highest BCUT2D eigenvalue weighted by Crippen LogP contribution is 2.33. The lowest BCUT2D eigenvalue weighted by Gasteiger charge is -2.24. The molecular weight excluding hydrogens is 268 g/mol. The van der Waals surface area contributed by atoms with Gasteiger partial charge in [0.1, 0.15) is 18.5 Å². The number of benzene rings is 1. The van der Waals surface area contributed by atoms with Crippen molar-refractivity contribution < 1.29 is 18.9 Å². The van der Waals surface area contributed by atoms with Gasteiger partial charge in [0.05, 0.1) is 19.8 Å². The van der Waals surface area contributed by atoms with Gasteiger partial charge in [-0.15, -0.1) is 0 Å². The fourth-order valence-corrected chi connectivity index (χ4v) is 2.24. The van der Waals surface area contributed by atoms with E-state index >= 15 is 0 Å². The Morgan fingerprint density at radius 2 is 1.62 bits per heavy atom. The third-order valence-electron chi connectivity index (χ3n) is 3.52. The Bertz CT molecular complexity index is 445. The molecule has 118 valence electrons. The summed E-state index contributed by atoms with van der Waals surface area (Å²) in [6, 6.07) is 4.34. The minimum atomic E-state index is 0.0725. The average Bonchev–Trinajstić information content (AvgIpc) is 3.21. The second kappa shape index (κ2) is 6.77. The first-order valence-corrected chi connectivity index (χ1v) is 7.34. The van der Waals surface area contributed by atoms with E-state index in [-0.39, 0.29) is 11.5 Å². The van der Waals surface area contributed by atoms with Crippen LogP contribution in [0.25, 0.3) is 0 Å². The summed E-state index contributed by atoms with van der Waals surface area (Å²) in [6.07, 6.45) is 0.234. The van der Waals surface area contributed by atoms with Crippen LogP contribution in [0.4, 0.5) is 0 Å². The molecule has 4 heteroatoms. The summed E-state index contributed by atoms with van der Waals surface area (Å²) in [6.45, 7) is 9.04. The third kappa shape index (κ3) is 4.43. The SMILES string of the molecule is COCc1cc(C(C)(C)C)cc(COC)c1OCC1CO1. The van der Waals surface area contributed by atoms with Crippen LogP contribution in [0.1, 0.15) is 37.5 Å². The number of hydrogen-bond donors (Lipinski definition) is 0. The number of epoxide rings is 1. The van der Waals surface area contributed by atoms with Gasteiger partial charge in [-0.2, -0.15) is 0 Å². The Kier molecular flexibility index (Phi) is 5.25. The van der Waals surface area contributed by atoms with E-state index in [1.165, 1.54) is 5.56 Å². The average molecular weight is 294 g/mol. The van der Waals surface area contributed by atoms with Gasteiger partial charge < -0.3 is 18.9 Å². The molecular formula is C17H26O4. The Balaban J connectivity index is 2.36. The lowest BCUT2D eigenvalue weighted by molar-refractivity contribution is 0.168. The van der Waals surface area contributed by atoms with Crippen molar-refractivity contribution in [2.24, 2.45) is 0 Å². The maximum Gasteiger partial charge on any atom is 0.130 e. The molecule has 0 radical (unpaired) electrons. The quantitative estimate of drug-likeness (QED) is 0.725. The van der Waals surface area contributed by atoms with Crippen molar-refractivity contribution in [3.8, 4) is 5.75 Å². The van der Waals surface area contributed by atoms with Crippen LogP contribution < -0.4 is 4.74 Å². The largest absolute Gasteiger partial charge is 0.490 e. The Morgan fingerprint density at radius 3 is 2.00 bits per heavy atom. The van der Waals surface area contributed by atoms with E-state index in [2.05, 4.69) is 32.9 Å². The van der Waals surface area contributed by atoms with Gasteiger partial charge in [-0.3, -0.25) is 0 Å². The molecule has 0 aliphatic carbocycles. The Hall–Kier alpha value is -1.10. The molecule has 1 aliphatic heterocycles. The molecule has 0 aromatic heterocycles. The lowest BCUT2D eigenvalue weighted by Crippen LogP contribution is -2.15. The van der Waals surface area contributed by atoms with Crippen molar-refractivity contribution in [1.29, 1.82) is 0 Å². The standard InChI is InChI=1S/C17H26O4/c1-17(2,3)14-6-12(8-18-4)16(13(7-14)9-19-5)21-11-15-10-20-15/h6-7,15H,8-11H2,1-5H3. The smallest absolute Gasteiger partial charge is 0.130 e. The van der Waals surface area contributed by atoms with E-state index in [4.69, 9.17) is 18.9 Å². The summed E-state index contributed by atoms with van der Waals surface area (Å²) in [4.78, 5) is 0. The van der Waals surface area contributed by atoms with Gasteiger partial charge in [0.15, 0.2) is 0 Å². The first-order valence-electron chi connectivity index (χ1n) is 7.34. The summed E-state index contributed by atoms with van der Waals surface area (Å²) in [5.74, 6) is 0.877. The summed E-state index contributed by atoms with van der Waals surface area (Å²) in [5.41, 5.74) is 3.47. The molecule has 1 atom stereocenters. The molecule has 1 aromatic rings. The number of hydrogen-bond acceptors (Lipinski definition) is 4. The van der Waals surface area contributed by atoms with Crippen molar-refractivity contribution in [3.05, 3.63) is 28.8 Å². The zero-order valence-corrected chi connectivity index (χ0v) is 13.7. The Labute approximate surface area is 127 Å². The molecule has 4 nitrogen and oxygen atoms in total. The van der Waals surface area contributed by atoms with Crippen molar-refractivity contribution in [3.63, 3.8) is 0 Å². The third-order valence-corrected chi connectivity index (χ3v) is 3.52. The number of ether oxygens (including phenoxy) is 4. The fraction of sp³-hybridized carbons (Fsp3) is 0.647. The van der Waals surface area contributed by atoms with Crippen molar-refractivity contribution in [2.75, 3.05) is 27.4 Å².